The summed E-state index contributed by atoms with van der Waals surface area (Å²) in [5.74, 6) is 1.00. The number of anilines is 2. The molecule has 0 atom stereocenters. The third-order valence-electron chi connectivity index (χ3n) is 6.33. The second-order valence-electron chi connectivity index (χ2n) is 10.4. The Morgan fingerprint density at radius 3 is 2.24 bits per heavy atom. The normalized spacial score (nSPS) is 11.2. The zero-order valence-electron chi connectivity index (χ0n) is 23.5. The minimum absolute atomic E-state index is 0.0682. The van der Waals surface area contributed by atoms with E-state index in [1.807, 2.05) is 54.6 Å². The van der Waals surface area contributed by atoms with Crippen molar-refractivity contribution in [2.24, 2.45) is 0 Å². The highest BCUT2D eigenvalue weighted by molar-refractivity contribution is 5.96. The molecule has 8 nitrogen and oxygen atoms in total. The van der Waals surface area contributed by atoms with Crippen LogP contribution in [0.4, 0.5) is 16.3 Å². The van der Waals surface area contributed by atoms with Gasteiger partial charge in [0, 0.05) is 23.7 Å². The number of nitrogens with zero attached hydrogens (tertiary/aromatic N) is 3. The topological polar surface area (TPSA) is 88.5 Å². The summed E-state index contributed by atoms with van der Waals surface area (Å²) in [6, 6.07) is 16.9. The van der Waals surface area contributed by atoms with Gasteiger partial charge in [0.05, 0.1) is 18.5 Å². The Morgan fingerprint density at radius 1 is 0.974 bits per heavy atom. The van der Waals surface area contributed by atoms with Crippen molar-refractivity contribution < 1.29 is 14.3 Å². The predicted molar refractivity (Wildman–Crippen MR) is 153 cm³/mol. The third kappa shape index (κ3) is 7.84. The molecular weight excluding hydrogens is 478 g/mol. The Kier molecular flexibility index (Phi) is 9.93. The van der Waals surface area contributed by atoms with Crippen LogP contribution in [0.1, 0.15) is 65.1 Å². The van der Waals surface area contributed by atoms with Crippen LogP contribution >= 0.6 is 0 Å². The van der Waals surface area contributed by atoms with Gasteiger partial charge in [0.25, 0.3) is 0 Å². The number of nitrogens with one attached hydrogen (secondary N) is 2. The lowest BCUT2D eigenvalue weighted by Crippen LogP contribution is -2.41. The standard InChI is InChI=1S/C30H41N5O3/c1-7-9-10-19-34(29(37)31-23-13-11-22(8-2)12-14-23)21-28(36)32-27-20-26(30(3,4)5)33-35(27)24-15-17-25(38-6)18-16-24/h11-18,20H,7-10,19,21H2,1-6H3,(H,31,37)(H,32,36). The first-order valence-corrected chi connectivity index (χ1v) is 13.3. The van der Waals surface area contributed by atoms with Gasteiger partial charge in [0.15, 0.2) is 0 Å². The van der Waals surface area contributed by atoms with Crippen LogP contribution in [-0.2, 0) is 16.6 Å². The van der Waals surface area contributed by atoms with E-state index in [9.17, 15) is 9.59 Å². The Morgan fingerprint density at radius 2 is 1.66 bits per heavy atom. The summed E-state index contributed by atoms with van der Waals surface area (Å²) in [7, 11) is 1.62. The Labute approximate surface area is 226 Å². The van der Waals surface area contributed by atoms with Gasteiger partial charge in [0.2, 0.25) is 5.91 Å². The maximum Gasteiger partial charge on any atom is 0.322 e. The van der Waals surface area contributed by atoms with Gasteiger partial charge in [-0.2, -0.15) is 5.10 Å². The van der Waals surface area contributed by atoms with Gasteiger partial charge in [0.1, 0.15) is 18.1 Å². The van der Waals surface area contributed by atoms with Crippen molar-refractivity contribution in [1.82, 2.24) is 14.7 Å². The van der Waals surface area contributed by atoms with Crippen LogP contribution in [0.5, 0.6) is 5.75 Å². The fourth-order valence-corrected chi connectivity index (χ4v) is 3.94. The summed E-state index contributed by atoms with van der Waals surface area (Å²) >= 11 is 0. The fraction of sp³-hybridized carbons (Fsp3) is 0.433. The van der Waals surface area contributed by atoms with Gasteiger partial charge in [-0.3, -0.25) is 4.79 Å². The number of amides is 3. The fourth-order valence-electron chi connectivity index (χ4n) is 3.94. The number of hydrogen-bond donors (Lipinski definition) is 2. The number of rotatable bonds is 11. The zero-order valence-corrected chi connectivity index (χ0v) is 23.5. The van der Waals surface area contributed by atoms with Crippen molar-refractivity contribution in [3.05, 3.63) is 65.9 Å². The van der Waals surface area contributed by atoms with Crippen LogP contribution in [0.25, 0.3) is 5.69 Å². The summed E-state index contributed by atoms with van der Waals surface area (Å²) < 4.78 is 6.99. The molecule has 3 aromatic rings. The second kappa shape index (κ2) is 13.1. The largest absolute Gasteiger partial charge is 0.497 e. The molecule has 3 amide bonds. The summed E-state index contributed by atoms with van der Waals surface area (Å²) in [4.78, 5) is 28.0. The third-order valence-corrected chi connectivity index (χ3v) is 6.33. The van der Waals surface area contributed by atoms with Gasteiger partial charge in [-0.05, 0) is 54.8 Å². The average Bonchev–Trinajstić information content (AvgIpc) is 3.33. The number of aromatic nitrogens is 2. The van der Waals surface area contributed by atoms with Crippen molar-refractivity contribution in [2.75, 3.05) is 30.8 Å². The molecule has 38 heavy (non-hydrogen) atoms. The minimum atomic E-state index is -0.292. The Balaban J connectivity index is 1.79. The summed E-state index contributed by atoms with van der Waals surface area (Å²) in [5.41, 5.74) is 3.34. The molecule has 0 aliphatic rings. The molecule has 0 bridgehead atoms. The first kappa shape index (κ1) is 28.8. The van der Waals surface area contributed by atoms with E-state index < -0.39 is 0 Å². The maximum absolute atomic E-state index is 13.2. The zero-order chi connectivity index (χ0) is 27.7. The molecule has 0 radical (unpaired) electrons. The first-order valence-electron chi connectivity index (χ1n) is 13.3. The predicted octanol–water partition coefficient (Wildman–Crippen LogP) is 6.40. The molecular formula is C30H41N5O3. The number of benzene rings is 2. The van der Waals surface area contributed by atoms with Gasteiger partial charge in [-0.15, -0.1) is 0 Å². The molecule has 0 aliphatic heterocycles. The van der Waals surface area contributed by atoms with Crippen molar-refractivity contribution in [3.8, 4) is 11.4 Å². The van der Waals surface area contributed by atoms with Crippen molar-refractivity contribution in [3.63, 3.8) is 0 Å². The molecule has 0 saturated heterocycles. The molecule has 1 aromatic heterocycles. The van der Waals surface area contributed by atoms with Gasteiger partial charge >= 0.3 is 6.03 Å². The smallest absolute Gasteiger partial charge is 0.322 e. The second-order valence-corrected chi connectivity index (χ2v) is 10.4. The Bertz CT molecular complexity index is 1190. The van der Waals surface area contributed by atoms with Crippen LogP contribution in [0.15, 0.2) is 54.6 Å². The van der Waals surface area contributed by atoms with E-state index in [1.165, 1.54) is 5.56 Å². The lowest BCUT2D eigenvalue weighted by atomic mass is 9.92. The van der Waals surface area contributed by atoms with Gasteiger partial charge in [-0.25, -0.2) is 9.48 Å². The lowest BCUT2D eigenvalue weighted by molar-refractivity contribution is -0.116. The molecule has 0 unspecified atom stereocenters. The van der Waals surface area contributed by atoms with E-state index in [-0.39, 0.29) is 23.9 Å². The summed E-state index contributed by atoms with van der Waals surface area (Å²) in [5, 5.41) is 10.7. The molecule has 0 saturated carbocycles. The van der Waals surface area contributed by atoms with Crippen LogP contribution in [0.2, 0.25) is 0 Å². The first-order chi connectivity index (χ1) is 18.1. The van der Waals surface area contributed by atoms with Crippen molar-refractivity contribution in [1.29, 1.82) is 0 Å². The molecule has 2 aromatic carbocycles. The highest BCUT2D eigenvalue weighted by Crippen LogP contribution is 2.27. The van der Waals surface area contributed by atoms with Crippen molar-refractivity contribution in [2.45, 2.75) is 65.7 Å². The van der Waals surface area contributed by atoms with E-state index in [2.05, 4.69) is 45.3 Å². The number of aryl methyl sites for hydroxylation is 1. The van der Waals surface area contributed by atoms with E-state index in [1.54, 1.807) is 16.7 Å². The Hall–Kier alpha value is -3.81. The molecule has 3 rings (SSSR count). The molecule has 0 spiro atoms. The molecule has 204 valence electrons. The quantitative estimate of drug-likeness (QED) is 0.287. The number of carbonyl (C=O) groups excluding carboxylic acids is 2. The number of carbonyl (C=O) groups is 2. The van der Waals surface area contributed by atoms with E-state index in [4.69, 9.17) is 9.84 Å². The average molecular weight is 520 g/mol. The highest BCUT2D eigenvalue weighted by atomic mass is 16.5. The van der Waals surface area contributed by atoms with E-state index in [0.717, 1.165) is 42.8 Å². The monoisotopic (exact) mass is 519 g/mol. The SMILES string of the molecule is CCCCCN(CC(=O)Nc1cc(C(C)(C)C)nn1-c1ccc(OC)cc1)C(=O)Nc1ccc(CC)cc1. The number of methoxy groups -OCH3 is 1. The van der Waals surface area contributed by atoms with Crippen molar-refractivity contribution >= 4 is 23.4 Å². The highest BCUT2D eigenvalue weighted by Gasteiger charge is 2.23. The number of urea groups is 1. The van der Waals surface area contributed by atoms with E-state index >= 15 is 0 Å². The van der Waals surface area contributed by atoms with Gasteiger partial charge in [-0.1, -0.05) is 59.6 Å². The number of unbranched alkanes of at least 4 members (excludes halogenated alkanes) is 2. The molecule has 1 heterocycles. The van der Waals surface area contributed by atoms with E-state index in [0.29, 0.717) is 18.1 Å². The molecule has 8 heteroatoms. The van der Waals surface area contributed by atoms with Crippen LogP contribution in [-0.4, -0.2) is 46.8 Å². The molecule has 0 aliphatic carbocycles. The molecule has 2 N–H and O–H groups in total. The molecule has 0 fully saturated rings. The van der Waals surface area contributed by atoms with Gasteiger partial charge < -0.3 is 20.3 Å². The number of ether oxygens (including phenoxy) is 1. The lowest BCUT2D eigenvalue weighted by Gasteiger charge is -2.23. The van der Waals surface area contributed by atoms with Crippen LogP contribution in [0.3, 0.4) is 0 Å². The summed E-state index contributed by atoms with van der Waals surface area (Å²) in [6.07, 6.45) is 3.76. The number of hydrogen-bond acceptors (Lipinski definition) is 4. The minimum Gasteiger partial charge on any atom is -0.497 e. The van der Waals surface area contributed by atoms with Crippen LogP contribution < -0.4 is 15.4 Å². The summed E-state index contributed by atoms with van der Waals surface area (Å²) in [6.45, 7) is 10.9. The van der Waals surface area contributed by atoms with Crippen LogP contribution in [0, 0.1) is 0 Å². The maximum atomic E-state index is 13.2.